The fourth-order valence-corrected chi connectivity index (χ4v) is 3.86. The molecule has 0 atom stereocenters. The van der Waals surface area contributed by atoms with Gasteiger partial charge >= 0.3 is 0 Å². The number of anilines is 3. The molecule has 2 heterocycles. The van der Waals surface area contributed by atoms with Crippen molar-refractivity contribution in [3.63, 3.8) is 0 Å². The van der Waals surface area contributed by atoms with Crippen molar-refractivity contribution in [3.05, 3.63) is 58.7 Å². The van der Waals surface area contributed by atoms with Crippen molar-refractivity contribution >= 4 is 33.9 Å². The van der Waals surface area contributed by atoms with Crippen LogP contribution in [0.4, 0.5) is 27.4 Å². The largest absolute Gasteiger partial charge is 0.494 e. The van der Waals surface area contributed by atoms with Crippen LogP contribution in [0.15, 0.2) is 42.7 Å². The zero-order valence-corrected chi connectivity index (χ0v) is 20.7. The van der Waals surface area contributed by atoms with Crippen LogP contribution in [0, 0.1) is 15.9 Å². The topological polar surface area (TPSA) is 114 Å². The molecule has 188 valence electrons. The fourth-order valence-electron chi connectivity index (χ4n) is 3.86. The summed E-state index contributed by atoms with van der Waals surface area (Å²) in [6, 6.07) is 7.86. The van der Waals surface area contributed by atoms with E-state index in [9.17, 15) is 14.5 Å². The number of benzene rings is 2. The van der Waals surface area contributed by atoms with Gasteiger partial charge in [-0.3, -0.25) is 14.8 Å². The Balaban J connectivity index is 1.68. The van der Waals surface area contributed by atoms with Gasteiger partial charge in [-0.05, 0) is 32.3 Å². The summed E-state index contributed by atoms with van der Waals surface area (Å²) in [5, 5.41) is 19.6. The molecule has 12 heteroatoms. The summed E-state index contributed by atoms with van der Waals surface area (Å²) in [4.78, 5) is 24.0. The molecular formula is C24H27FN8O3. The number of likely N-dealkylation sites (N-methyl/N-ethyl adjacent to an activating group) is 2. The Kier molecular flexibility index (Phi) is 6.97. The first kappa shape index (κ1) is 24.8. The molecule has 4 aromatic rings. The third-order valence-electron chi connectivity index (χ3n) is 5.77. The molecule has 2 aromatic heterocycles. The lowest BCUT2D eigenvalue weighted by atomic mass is 10.1. The van der Waals surface area contributed by atoms with E-state index in [1.165, 1.54) is 30.1 Å². The van der Waals surface area contributed by atoms with E-state index in [2.05, 4.69) is 20.4 Å². The first-order valence-corrected chi connectivity index (χ1v) is 11.1. The van der Waals surface area contributed by atoms with Crippen LogP contribution in [0.5, 0.6) is 5.75 Å². The number of nitro groups is 1. The lowest BCUT2D eigenvalue weighted by Gasteiger charge is -2.22. The standard InChI is InChI=1S/C24H27FN8O3/c1-30(2)8-9-31(3)20-13-22(36-5)19(12-21(20)33(34)35)29-24-26-7-6-18(28-24)15-10-16-14-27-32(4)23(16)17(25)11-15/h6-7,10-14H,8-9H2,1-5H3,(H,26,28,29). The second-order valence-electron chi connectivity index (χ2n) is 8.58. The minimum absolute atomic E-state index is 0.0835. The monoisotopic (exact) mass is 494 g/mol. The lowest BCUT2D eigenvalue weighted by molar-refractivity contribution is -0.384. The quantitative estimate of drug-likeness (QED) is 0.274. The van der Waals surface area contributed by atoms with E-state index in [-0.39, 0.29) is 11.6 Å². The molecule has 2 aromatic carbocycles. The molecule has 0 saturated heterocycles. The minimum atomic E-state index is -0.435. The molecular weight excluding hydrogens is 467 g/mol. The SMILES string of the molecule is COc1cc(N(C)CCN(C)C)c([N+](=O)[O-])cc1Nc1nccc(-c2cc(F)c3c(cnn3C)c2)n1. The number of aromatic nitrogens is 4. The second-order valence-corrected chi connectivity index (χ2v) is 8.58. The lowest BCUT2D eigenvalue weighted by Crippen LogP contribution is -2.28. The average Bonchev–Trinajstić information content (AvgIpc) is 3.23. The number of aryl methyl sites for hydroxylation is 1. The summed E-state index contributed by atoms with van der Waals surface area (Å²) < 4.78 is 21.7. The van der Waals surface area contributed by atoms with Crippen LogP contribution in [-0.2, 0) is 7.05 Å². The van der Waals surface area contributed by atoms with Crippen molar-refractivity contribution in [3.8, 4) is 17.0 Å². The molecule has 36 heavy (non-hydrogen) atoms. The number of nitro benzene ring substituents is 1. The van der Waals surface area contributed by atoms with E-state index < -0.39 is 10.7 Å². The van der Waals surface area contributed by atoms with Gasteiger partial charge in [0.1, 0.15) is 22.8 Å². The van der Waals surface area contributed by atoms with Crippen molar-refractivity contribution in [2.75, 3.05) is 51.6 Å². The van der Waals surface area contributed by atoms with Gasteiger partial charge in [-0.1, -0.05) is 0 Å². The molecule has 11 nitrogen and oxygen atoms in total. The molecule has 0 radical (unpaired) electrons. The van der Waals surface area contributed by atoms with E-state index in [0.29, 0.717) is 45.8 Å². The highest BCUT2D eigenvalue weighted by Crippen LogP contribution is 2.39. The second kappa shape index (κ2) is 10.1. The molecule has 1 N–H and O–H groups in total. The fraction of sp³-hybridized carbons (Fsp3) is 0.292. The maximum absolute atomic E-state index is 14.7. The number of methoxy groups -OCH3 is 1. The summed E-state index contributed by atoms with van der Waals surface area (Å²) >= 11 is 0. The molecule has 0 aliphatic rings. The van der Waals surface area contributed by atoms with Crippen molar-refractivity contribution in [1.82, 2.24) is 24.6 Å². The van der Waals surface area contributed by atoms with Gasteiger partial charge in [0.15, 0.2) is 0 Å². The number of hydrogen-bond donors (Lipinski definition) is 1. The highest BCUT2D eigenvalue weighted by Gasteiger charge is 2.22. The number of fused-ring (bicyclic) bond motifs is 1. The summed E-state index contributed by atoms with van der Waals surface area (Å²) in [6.45, 7) is 1.31. The Labute approximate surface area is 207 Å². The number of rotatable bonds is 9. The van der Waals surface area contributed by atoms with Crippen LogP contribution in [0.2, 0.25) is 0 Å². The molecule has 0 bridgehead atoms. The van der Waals surface area contributed by atoms with E-state index in [1.54, 1.807) is 38.5 Å². The van der Waals surface area contributed by atoms with E-state index in [0.717, 1.165) is 6.54 Å². The summed E-state index contributed by atoms with van der Waals surface area (Å²) in [6.07, 6.45) is 3.11. The van der Waals surface area contributed by atoms with Crippen LogP contribution in [0.1, 0.15) is 0 Å². The highest BCUT2D eigenvalue weighted by molar-refractivity contribution is 5.84. The first-order chi connectivity index (χ1) is 17.2. The normalized spacial score (nSPS) is 11.2. The number of nitrogens with one attached hydrogen (secondary N) is 1. The zero-order chi connectivity index (χ0) is 26.0. The molecule has 0 spiro atoms. The number of nitrogens with zero attached hydrogens (tertiary/aromatic N) is 7. The number of hydrogen-bond acceptors (Lipinski definition) is 9. The maximum atomic E-state index is 14.7. The molecule has 4 rings (SSSR count). The van der Waals surface area contributed by atoms with Crippen LogP contribution >= 0.6 is 0 Å². The Bertz CT molecular complexity index is 1420. The predicted octanol–water partition coefficient (Wildman–Crippen LogP) is 3.83. The highest BCUT2D eigenvalue weighted by atomic mass is 19.1. The maximum Gasteiger partial charge on any atom is 0.294 e. The van der Waals surface area contributed by atoms with Gasteiger partial charge in [-0.2, -0.15) is 5.10 Å². The van der Waals surface area contributed by atoms with Crippen LogP contribution in [0.25, 0.3) is 22.2 Å². The summed E-state index contributed by atoms with van der Waals surface area (Å²) in [5.41, 5.74) is 2.11. The molecule has 0 saturated carbocycles. The van der Waals surface area contributed by atoms with Crippen molar-refractivity contribution in [2.45, 2.75) is 0 Å². The van der Waals surface area contributed by atoms with Gasteiger partial charge in [-0.25, -0.2) is 14.4 Å². The average molecular weight is 495 g/mol. The molecule has 0 aliphatic carbocycles. The molecule has 0 fully saturated rings. The van der Waals surface area contributed by atoms with Gasteiger partial charge < -0.3 is 19.9 Å². The van der Waals surface area contributed by atoms with Crippen LogP contribution < -0.4 is 15.0 Å². The first-order valence-electron chi connectivity index (χ1n) is 11.1. The van der Waals surface area contributed by atoms with Crippen molar-refractivity contribution < 1.29 is 14.1 Å². The number of ether oxygens (including phenoxy) is 1. The smallest absolute Gasteiger partial charge is 0.294 e. The Hall–Kier alpha value is -4.32. The van der Waals surface area contributed by atoms with Gasteiger partial charge in [0.25, 0.3) is 5.69 Å². The minimum Gasteiger partial charge on any atom is -0.494 e. The van der Waals surface area contributed by atoms with Gasteiger partial charge in [0.05, 0.1) is 29.6 Å². The molecule has 0 unspecified atom stereocenters. The summed E-state index contributed by atoms with van der Waals surface area (Å²) in [5.74, 6) is 0.159. The Morgan fingerprint density at radius 1 is 1.19 bits per heavy atom. The van der Waals surface area contributed by atoms with Crippen LogP contribution in [-0.4, -0.2) is 70.9 Å². The van der Waals surface area contributed by atoms with E-state index in [4.69, 9.17) is 4.74 Å². The predicted molar refractivity (Wildman–Crippen MR) is 136 cm³/mol. The van der Waals surface area contributed by atoms with Gasteiger partial charge in [0, 0.05) is 56.5 Å². The molecule has 0 amide bonds. The van der Waals surface area contributed by atoms with Gasteiger partial charge in [0.2, 0.25) is 5.95 Å². The van der Waals surface area contributed by atoms with Crippen molar-refractivity contribution in [1.29, 1.82) is 0 Å². The Morgan fingerprint density at radius 3 is 2.67 bits per heavy atom. The van der Waals surface area contributed by atoms with E-state index in [1.807, 2.05) is 23.9 Å². The van der Waals surface area contributed by atoms with Crippen LogP contribution in [0.3, 0.4) is 0 Å². The third kappa shape index (κ3) is 5.03. The van der Waals surface area contributed by atoms with Gasteiger partial charge in [-0.15, -0.1) is 0 Å². The summed E-state index contributed by atoms with van der Waals surface area (Å²) in [7, 11) is 8.83. The van der Waals surface area contributed by atoms with E-state index >= 15 is 0 Å². The third-order valence-corrected chi connectivity index (χ3v) is 5.77. The Morgan fingerprint density at radius 2 is 1.97 bits per heavy atom. The molecule has 0 aliphatic heterocycles. The van der Waals surface area contributed by atoms with Crippen molar-refractivity contribution in [2.24, 2.45) is 7.05 Å². The number of halogens is 1. The zero-order valence-electron chi connectivity index (χ0n) is 20.7.